The Balaban J connectivity index is 2.22. The van der Waals surface area contributed by atoms with Gasteiger partial charge in [-0.1, -0.05) is 0 Å². The molecule has 0 spiro atoms. The van der Waals surface area contributed by atoms with Gasteiger partial charge in [-0.2, -0.15) is 0 Å². The Morgan fingerprint density at radius 1 is 1.11 bits per heavy atom. The zero-order valence-electron chi connectivity index (χ0n) is 9.70. The first-order chi connectivity index (χ1) is 9.15. The zero-order valence-corrected chi connectivity index (χ0v) is 9.70. The number of nitrogens with one attached hydrogen (secondary N) is 1. The zero-order chi connectivity index (χ0) is 13.4. The second-order valence-corrected chi connectivity index (χ2v) is 4.18. The highest BCUT2D eigenvalue weighted by Crippen LogP contribution is 2.32. The van der Waals surface area contributed by atoms with Gasteiger partial charge in [0.15, 0.2) is 0 Å². The van der Waals surface area contributed by atoms with Gasteiger partial charge in [-0.15, -0.1) is 0 Å². The molecule has 0 unspecified atom stereocenters. The molecule has 1 aromatic carbocycles. The van der Waals surface area contributed by atoms with E-state index < -0.39 is 12.2 Å². The molecule has 0 saturated heterocycles. The van der Waals surface area contributed by atoms with E-state index in [0.29, 0.717) is 5.69 Å². The van der Waals surface area contributed by atoms with Crippen LogP contribution in [0.2, 0.25) is 0 Å². The number of pyridine rings is 1. The molecule has 0 radical (unpaired) electrons. The molecule has 3 rings (SSSR count). The van der Waals surface area contributed by atoms with Gasteiger partial charge < -0.3 is 4.98 Å². The van der Waals surface area contributed by atoms with Gasteiger partial charge in [0.25, 0.3) is 6.43 Å². The van der Waals surface area contributed by atoms with Crippen LogP contribution in [-0.4, -0.2) is 9.97 Å². The number of aromatic nitrogens is 2. The summed E-state index contributed by atoms with van der Waals surface area (Å²) in [6, 6.07) is 6.68. The van der Waals surface area contributed by atoms with Crippen LogP contribution in [0.1, 0.15) is 12.0 Å². The lowest BCUT2D eigenvalue weighted by Gasteiger charge is -2.07. The van der Waals surface area contributed by atoms with Crippen LogP contribution < -0.4 is 0 Å². The monoisotopic (exact) mass is 262 g/mol. The van der Waals surface area contributed by atoms with Gasteiger partial charge >= 0.3 is 0 Å². The lowest BCUT2D eigenvalue weighted by atomic mass is 10.0. The Kier molecular flexibility index (Phi) is 2.74. The van der Waals surface area contributed by atoms with Gasteiger partial charge in [-0.05, 0) is 30.3 Å². The summed E-state index contributed by atoms with van der Waals surface area (Å²) in [4.78, 5) is 6.95. The van der Waals surface area contributed by atoms with Crippen LogP contribution in [0.25, 0.3) is 22.2 Å². The minimum atomic E-state index is -2.65. The molecule has 19 heavy (non-hydrogen) atoms. The Bertz CT molecular complexity index is 701. The van der Waals surface area contributed by atoms with Gasteiger partial charge in [0.1, 0.15) is 5.82 Å². The fourth-order valence-corrected chi connectivity index (χ4v) is 2.07. The summed E-state index contributed by atoms with van der Waals surface area (Å²) in [6.45, 7) is 0. The minimum absolute atomic E-state index is 0.172. The summed E-state index contributed by atoms with van der Waals surface area (Å²) in [5.41, 5.74) is 1.21. The largest absolute Gasteiger partial charge is 0.354 e. The number of aromatic amines is 1. The van der Waals surface area contributed by atoms with Gasteiger partial charge in [0.2, 0.25) is 0 Å². The molecular formula is C14H9F3N2. The molecule has 0 atom stereocenters. The van der Waals surface area contributed by atoms with Gasteiger partial charge in [-0.25, -0.2) is 13.2 Å². The van der Waals surface area contributed by atoms with E-state index in [1.165, 1.54) is 0 Å². The molecule has 0 amide bonds. The van der Waals surface area contributed by atoms with E-state index in [9.17, 15) is 13.2 Å². The summed E-state index contributed by atoms with van der Waals surface area (Å²) in [5, 5.41) is 0.793. The highest BCUT2D eigenvalue weighted by atomic mass is 19.3. The third-order valence-corrected chi connectivity index (χ3v) is 2.96. The van der Waals surface area contributed by atoms with Gasteiger partial charge in [-0.3, -0.25) is 4.98 Å². The topological polar surface area (TPSA) is 28.7 Å². The maximum atomic E-state index is 13.3. The van der Waals surface area contributed by atoms with E-state index in [1.54, 1.807) is 24.5 Å². The van der Waals surface area contributed by atoms with Crippen molar-refractivity contribution in [3.05, 3.63) is 54.1 Å². The Hall–Kier alpha value is -2.30. The third-order valence-electron chi connectivity index (χ3n) is 2.96. The number of halogens is 3. The standard InChI is InChI=1S/C14H9F3N2/c15-9-1-2-10(14(16)17)11(6-9)13-5-8-7-18-4-3-12(8)19-13/h1-7,14,19H. The smallest absolute Gasteiger partial charge is 0.264 e. The molecule has 0 fully saturated rings. The average Bonchev–Trinajstić information content (AvgIpc) is 2.81. The highest BCUT2D eigenvalue weighted by Gasteiger charge is 2.16. The van der Waals surface area contributed by atoms with Crippen LogP contribution in [0, 0.1) is 5.82 Å². The van der Waals surface area contributed by atoms with Crippen LogP contribution in [0.5, 0.6) is 0 Å². The normalized spacial score (nSPS) is 11.4. The molecule has 2 heterocycles. The molecule has 2 nitrogen and oxygen atoms in total. The highest BCUT2D eigenvalue weighted by molar-refractivity contribution is 5.85. The predicted molar refractivity (Wildman–Crippen MR) is 66.4 cm³/mol. The summed E-state index contributed by atoms with van der Waals surface area (Å²) >= 11 is 0. The Labute approximate surface area is 106 Å². The van der Waals surface area contributed by atoms with Crippen LogP contribution in [0.15, 0.2) is 42.7 Å². The molecule has 5 heteroatoms. The first-order valence-electron chi connectivity index (χ1n) is 5.66. The van der Waals surface area contributed by atoms with Crippen molar-refractivity contribution in [2.24, 2.45) is 0 Å². The number of fused-ring (bicyclic) bond motifs is 1. The summed E-state index contributed by atoms with van der Waals surface area (Å²) in [5.74, 6) is -0.545. The average molecular weight is 262 g/mol. The number of benzene rings is 1. The molecule has 3 aromatic rings. The SMILES string of the molecule is Fc1ccc(C(F)F)c(-c2cc3cnccc3[nH]2)c1. The van der Waals surface area contributed by atoms with E-state index in [0.717, 1.165) is 29.1 Å². The number of alkyl halides is 2. The van der Waals surface area contributed by atoms with Crippen molar-refractivity contribution >= 4 is 10.9 Å². The van der Waals surface area contributed by atoms with E-state index in [2.05, 4.69) is 9.97 Å². The quantitative estimate of drug-likeness (QED) is 0.732. The second-order valence-electron chi connectivity index (χ2n) is 4.18. The molecule has 2 aromatic heterocycles. The molecule has 0 aliphatic rings. The molecule has 0 aliphatic carbocycles. The van der Waals surface area contributed by atoms with Gasteiger partial charge in [0.05, 0.1) is 0 Å². The van der Waals surface area contributed by atoms with Crippen molar-refractivity contribution < 1.29 is 13.2 Å². The predicted octanol–water partition coefficient (Wildman–Crippen LogP) is 4.31. The molecular weight excluding hydrogens is 253 g/mol. The minimum Gasteiger partial charge on any atom is -0.354 e. The lowest BCUT2D eigenvalue weighted by Crippen LogP contribution is -1.91. The first-order valence-corrected chi connectivity index (χ1v) is 5.66. The third kappa shape index (κ3) is 2.07. The molecule has 0 aliphatic heterocycles. The summed E-state index contributed by atoms with van der Waals surface area (Å²) in [7, 11) is 0. The summed E-state index contributed by atoms with van der Waals surface area (Å²) in [6.07, 6.45) is 0.568. The molecule has 1 N–H and O–H groups in total. The number of hydrogen-bond donors (Lipinski definition) is 1. The van der Waals surface area contributed by atoms with Crippen LogP contribution >= 0.6 is 0 Å². The van der Waals surface area contributed by atoms with Gasteiger partial charge in [0, 0.05) is 40.1 Å². The number of rotatable bonds is 2. The van der Waals surface area contributed by atoms with Crippen molar-refractivity contribution in [2.75, 3.05) is 0 Å². The first kappa shape index (κ1) is 11.8. The van der Waals surface area contributed by atoms with Crippen molar-refractivity contribution in [3.63, 3.8) is 0 Å². The van der Waals surface area contributed by atoms with Crippen molar-refractivity contribution in [3.8, 4) is 11.3 Å². The number of nitrogens with zero attached hydrogens (tertiary/aromatic N) is 1. The second kappa shape index (κ2) is 4.42. The van der Waals surface area contributed by atoms with E-state index >= 15 is 0 Å². The molecule has 0 saturated carbocycles. The number of hydrogen-bond acceptors (Lipinski definition) is 1. The summed E-state index contributed by atoms with van der Waals surface area (Å²) < 4.78 is 39.2. The fourth-order valence-electron chi connectivity index (χ4n) is 2.07. The fraction of sp³-hybridized carbons (Fsp3) is 0.0714. The van der Waals surface area contributed by atoms with E-state index in [-0.39, 0.29) is 11.1 Å². The Morgan fingerprint density at radius 2 is 1.95 bits per heavy atom. The van der Waals surface area contributed by atoms with Crippen molar-refractivity contribution in [1.82, 2.24) is 9.97 Å². The van der Waals surface area contributed by atoms with Crippen molar-refractivity contribution in [2.45, 2.75) is 6.43 Å². The van der Waals surface area contributed by atoms with Crippen LogP contribution in [0.3, 0.4) is 0 Å². The number of H-pyrrole nitrogens is 1. The molecule has 96 valence electrons. The van der Waals surface area contributed by atoms with Crippen LogP contribution in [0.4, 0.5) is 13.2 Å². The van der Waals surface area contributed by atoms with E-state index in [1.807, 2.05) is 0 Å². The van der Waals surface area contributed by atoms with Crippen LogP contribution in [-0.2, 0) is 0 Å². The maximum Gasteiger partial charge on any atom is 0.264 e. The van der Waals surface area contributed by atoms with Crippen molar-refractivity contribution in [1.29, 1.82) is 0 Å². The Morgan fingerprint density at radius 3 is 2.68 bits per heavy atom. The lowest BCUT2D eigenvalue weighted by molar-refractivity contribution is 0.152. The maximum absolute atomic E-state index is 13.3. The molecule has 0 bridgehead atoms. The van der Waals surface area contributed by atoms with E-state index in [4.69, 9.17) is 0 Å².